The van der Waals surface area contributed by atoms with Crippen molar-refractivity contribution in [3.8, 4) is 0 Å². The lowest BCUT2D eigenvalue weighted by molar-refractivity contribution is -0.126. The Morgan fingerprint density at radius 3 is 2.64 bits per heavy atom. The summed E-state index contributed by atoms with van der Waals surface area (Å²) in [4.78, 5) is 26.8. The quantitative estimate of drug-likeness (QED) is 0.836. The van der Waals surface area contributed by atoms with E-state index < -0.39 is 0 Å². The van der Waals surface area contributed by atoms with Crippen molar-refractivity contribution in [1.29, 1.82) is 0 Å². The fraction of sp³-hybridized carbons (Fsp3) is 0.556. The molecule has 2 N–H and O–H groups in total. The number of halogens is 2. The maximum atomic E-state index is 12.6. The topological polar surface area (TPSA) is 61.4 Å². The number of carbonyl (C=O) groups excluding carboxylic acids is 2. The highest BCUT2D eigenvalue weighted by Crippen LogP contribution is 2.20. The van der Waals surface area contributed by atoms with Crippen LogP contribution in [-0.2, 0) is 4.79 Å². The summed E-state index contributed by atoms with van der Waals surface area (Å²) >= 11 is 5.87. The smallest absolute Gasteiger partial charge is 0.253 e. The zero-order valence-corrected chi connectivity index (χ0v) is 15.7. The van der Waals surface area contributed by atoms with Gasteiger partial charge in [0.2, 0.25) is 5.91 Å². The monoisotopic (exact) mass is 385 g/mol. The Balaban J connectivity index is 0.00000225. The molecule has 0 bridgehead atoms. The molecule has 138 valence electrons. The van der Waals surface area contributed by atoms with E-state index in [2.05, 4.69) is 10.6 Å². The first-order valence-corrected chi connectivity index (χ1v) is 9.07. The van der Waals surface area contributed by atoms with Crippen molar-refractivity contribution in [2.24, 2.45) is 5.92 Å². The van der Waals surface area contributed by atoms with E-state index in [0.29, 0.717) is 36.3 Å². The van der Waals surface area contributed by atoms with E-state index in [1.807, 2.05) is 0 Å². The molecule has 3 rings (SSSR count). The Morgan fingerprint density at radius 2 is 1.96 bits per heavy atom. The third-order valence-corrected chi connectivity index (χ3v) is 5.11. The van der Waals surface area contributed by atoms with Crippen LogP contribution in [-0.4, -0.2) is 48.9 Å². The van der Waals surface area contributed by atoms with Crippen LogP contribution in [0, 0.1) is 5.92 Å². The minimum atomic E-state index is -0.114. The number of likely N-dealkylation sites (tertiary alicyclic amines) is 1. The van der Waals surface area contributed by atoms with Crippen molar-refractivity contribution in [2.75, 3.05) is 26.2 Å². The molecular formula is C18H25Cl2N3O2. The van der Waals surface area contributed by atoms with E-state index in [1.54, 1.807) is 29.2 Å². The first-order valence-electron chi connectivity index (χ1n) is 8.69. The largest absolute Gasteiger partial charge is 0.354 e. The zero-order valence-electron chi connectivity index (χ0n) is 14.2. The summed E-state index contributed by atoms with van der Waals surface area (Å²) in [5.41, 5.74) is 0.621. The first-order chi connectivity index (χ1) is 11.6. The molecule has 2 aliphatic heterocycles. The van der Waals surface area contributed by atoms with Crippen LogP contribution in [0.15, 0.2) is 24.3 Å². The van der Waals surface area contributed by atoms with Crippen molar-refractivity contribution < 1.29 is 9.59 Å². The van der Waals surface area contributed by atoms with Crippen molar-refractivity contribution in [2.45, 2.75) is 31.7 Å². The Labute approximate surface area is 159 Å². The van der Waals surface area contributed by atoms with Gasteiger partial charge in [-0.2, -0.15) is 0 Å². The molecule has 0 aromatic heterocycles. The Hall–Kier alpha value is -1.30. The molecule has 0 spiro atoms. The number of nitrogens with one attached hydrogen (secondary N) is 2. The molecule has 2 saturated heterocycles. The van der Waals surface area contributed by atoms with Crippen molar-refractivity contribution in [3.05, 3.63) is 34.9 Å². The molecule has 0 radical (unpaired) electrons. The van der Waals surface area contributed by atoms with Crippen LogP contribution in [0.3, 0.4) is 0 Å². The number of hydrogen-bond acceptors (Lipinski definition) is 3. The molecule has 2 heterocycles. The summed E-state index contributed by atoms with van der Waals surface area (Å²) in [5, 5.41) is 7.04. The van der Waals surface area contributed by atoms with Gasteiger partial charge in [-0.05, 0) is 56.5 Å². The van der Waals surface area contributed by atoms with Crippen LogP contribution in [0.1, 0.15) is 36.0 Å². The van der Waals surface area contributed by atoms with Gasteiger partial charge in [-0.25, -0.2) is 0 Å². The Morgan fingerprint density at radius 1 is 1.20 bits per heavy atom. The minimum Gasteiger partial charge on any atom is -0.354 e. The fourth-order valence-corrected chi connectivity index (χ4v) is 3.58. The second-order valence-corrected chi connectivity index (χ2v) is 7.07. The highest BCUT2D eigenvalue weighted by atomic mass is 35.5. The number of rotatable bonds is 4. The molecule has 2 amide bonds. The van der Waals surface area contributed by atoms with Crippen LogP contribution in [0.5, 0.6) is 0 Å². The van der Waals surface area contributed by atoms with Gasteiger partial charge >= 0.3 is 0 Å². The van der Waals surface area contributed by atoms with E-state index in [0.717, 1.165) is 25.8 Å². The van der Waals surface area contributed by atoms with Crippen LogP contribution >= 0.6 is 24.0 Å². The first kappa shape index (κ1) is 20.0. The number of amides is 2. The molecule has 0 aliphatic carbocycles. The second-order valence-electron chi connectivity index (χ2n) is 6.64. The molecule has 0 saturated carbocycles. The van der Waals surface area contributed by atoms with E-state index in [4.69, 9.17) is 11.6 Å². The molecule has 2 aliphatic rings. The Kier molecular flexibility index (Phi) is 7.54. The van der Waals surface area contributed by atoms with Crippen molar-refractivity contribution >= 4 is 35.8 Å². The minimum absolute atomic E-state index is 0. The van der Waals surface area contributed by atoms with Gasteiger partial charge in [-0.15, -0.1) is 12.4 Å². The molecule has 1 aromatic carbocycles. The second kappa shape index (κ2) is 9.41. The van der Waals surface area contributed by atoms with Gasteiger partial charge in [0.05, 0.1) is 5.92 Å². The summed E-state index contributed by atoms with van der Waals surface area (Å²) in [6.45, 7) is 2.91. The summed E-state index contributed by atoms with van der Waals surface area (Å²) in [6.07, 6.45) is 3.99. The number of carbonyl (C=O) groups is 2. The summed E-state index contributed by atoms with van der Waals surface area (Å²) < 4.78 is 0. The average Bonchev–Trinajstić information content (AvgIpc) is 3.13. The van der Waals surface area contributed by atoms with Crippen LogP contribution < -0.4 is 10.6 Å². The number of nitrogens with zero attached hydrogens (tertiary/aromatic N) is 1. The van der Waals surface area contributed by atoms with E-state index in [-0.39, 0.29) is 30.1 Å². The Bertz CT molecular complexity index is 588. The van der Waals surface area contributed by atoms with Gasteiger partial charge in [0.15, 0.2) is 0 Å². The molecule has 1 aromatic rings. The number of piperidine rings is 1. The van der Waals surface area contributed by atoms with E-state index in [1.165, 1.54) is 6.42 Å². The van der Waals surface area contributed by atoms with Crippen LogP contribution in [0.2, 0.25) is 5.02 Å². The highest BCUT2D eigenvalue weighted by Gasteiger charge is 2.29. The van der Waals surface area contributed by atoms with Crippen LogP contribution in [0.4, 0.5) is 0 Å². The van der Waals surface area contributed by atoms with Crippen LogP contribution in [0.25, 0.3) is 0 Å². The highest BCUT2D eigenvalue weighted by molar-refractivity contribution is 6.30. The lowest BCUT2D eigenvalue weighted by Gasteiger charge is -2.32. The molecule has 5 nitrogen and oxygen atoms in total. The molecule has 2 atom stereocenters. The summed E-state index contributed by atoms with van der Waals surface area (Å²) in [7, 11) is 0. The number of hydrogen-bond donors (Lipinski definition) is 2. The maximum absolute atomic E-state index is 12.6. The zero-order chi connectivity index (χ0) is 16.9. The van der Waals surface area contributed by atoms with Gasteiger partial charge in [0.25, 0.3) is 5.91 Å². The fourth-order valence-electron chi connectivity index (χ4n) is 3.45. The summed E-state index contributed by atoms with van der Waals surface area (Å²) in [6, 6.07) is 7.30. The third kappa shape index (κ3) is 5.33. The van der Waals surface area contributed by atoms with Gasteiger partial charge in [-0.1, -0.05) is 11.6 Å². The summed E-state index contributed by atoms with van der Waals surface area (Å²) in [5.74, 6) is -0.0738. The van der Waals surface area contributed by atoms with Crippen molar-refractivity contribution in [1.82, 2.24) is 15.5 Å². The lowest BCUT2D eigenvalue weighted by atomic mass is 9.96. The SMILES string of the molecule is Cl.O=C(NCC1CCCN1)C1CCCN(C(=O)c2ccc(Cl)cc2)C1. The van der Waals surface area contributed by atoms with Gasteiger partial charge in [-0.3, -0.25) is 9.59 Å². The van der Waals surface area contributed by atoms with E-state index in [9.17, 15) is 9.59 Å². The standard InChI is InChI=1S/C18H24ClN3O2.ClH/c19-15-7-5-13(6-8-15)18(24)22-10-2-3-14(12-22)17(23)21-11-16-4-1-9-20-16;/h5-8,14,16,20H,1-4,9-12H2,(H,21,23);1H. The molecule has 25 heavy (non-hydrogen) atoms. The normalized spacial score (nSPS) is 23.0. The molecule has 7 heteroatoms. The van der Waals surface area contributed by atoms with Gasteiger partial charge in [0.1, 0.15) is 0 Å². The lowest BCUT2D eigenvalue weighted by Crippen LogP contribution is -2.47. The van der Waals surface area contributed by atoms with Gasteiger partial charge < -0.3 is 15.5 Å². The van der Waals surface area contributed by atoms with Crippen molar-refractivity contribution in [3.63, 3.8) is 0 Å². The number of benzene rings is 1. The predicted octanol–water partition coefficient (Wildman–Crippen LogP) is 2.48. The third-order valence-electron chi connectivity index (χ3n) is 4.86. The van der Waals surface area contributed by atoms with E-state index >= 15 is 0 Å². The predicted molar refractivity (Wildman–Crippen MR) is 101 cm³/mol. The van der Waals surface area contributed by atoms with Gasteiger partial charge in [0, 0.05) is 36.3 Å². The average molecular weight is 386 g/mol. The molecule has 2 unspecified atom stereocenters. The maximum Gasteiger partial charge on any atom is 0.253 e. The molecule has 2 fully saturated rings. The molecular weight excluding hydrogens is 361 g/mol.